The minimum Gasteiger partial charge on any atom is -0.490 e. The Hall–Kier alpha value is -2.87. The molecule has 0 saturated carbocycles. The zero-order chi connectivity index (χ0) is 23.7. The Morgan fingerprint density at radius 3 is 2.74 bits per heavy atom. The summed E-state index contributed by atoms with van der Waals surface area (Å²) in [7, 11) is 0. The van der Waals surface area contributed by atoms with Gasteiger partial charge in [0.25, 0.3) is 5.56 Å². The highest BCUT2D eigenvalue weighted by Gasteiger charge is 2.23. The van der Waals surface area contributed by atoms with Crippen LogP contribution in [-0.4, -0.2) is 28.7 Å². The number of hydrogen-bond donors (Lipinski definition) is 1. The van der Waals surface area contributed by atoms with Crippen LogP contribution in [0, 0.1) is 5.92 Å². The summed E-state index contributed by atoms with van der Waals surface area (Å²) in [6.07, 6.45) is 7.74. The number of carbonyl (C=O) groups excluding carboxylic acids is 1. The van der Waals surface area contributed by atoms with E-state index < -0.39 is 0 Å². The fraction of sp³-hybridized carbons (Fsp3) is 0.500. The maximum Gasteiger partial charge on any atom is 0.262 e. The number of nitrogens with one attached hydrogen (secondary N) is 1. The van der Waals surface area contributed by atoms with E-state index in [0.717, 1.165) is 53.8 Å². The molecule has 7 nitrogen and oxygen atoms in total. The molecule has 180 valence electrons. The van der Waals surface area contributed by atoms with E-state index in [9.17, 15) is 9.59 Å². The monoisotopic (exact) mass is 481 g/mol. The lowest BCUT2D eigenvalue weighted by Crippen LogP contribution is -2.36. The lowest BCUT2D eigenvalue weighted by Gasteiger charge is -2.24. The molecule has 0 bridgehead atoms. The Morgan fingerprint density at radius 1 is 1.12 bits per heavy atom. The normalized spacial score (nSPS) is 16.6. The predicted octanol–water partition coefficient (Wildman–Crippen LogP) is 4.40. The van der Waals surface area contributed by atoms with Crippen molar-refractivity contribution in [2.24, 2.45) is 5.92 Å². The average Bonchev–Trinajstić information content (AvgIpc) is 2.98. The van der Waals surface area contributed by atoms with Crippen LogP contribution in [0.5, 0.6) is 11.5 Å². The molecule has 1 aromatic carbocycles. The number of hydrogen-bond acceptors (Lipinski definition) is 6. The second-order valence-corrected chi connectivity index (χ2v) is 10.6. The van der Waals surface area contributed by atoms with E-state index in [-0.39, 0.29) is 30.0 Å². The van der Waals surface area contributed by atoms with Crippen molar-refractivity contribution >= 4 is 27.5 Å². The third-order valence-electron chi connectivity index (χ3n) is 6.62. The minimum absolute atomic E-state index is 0.0554. The van der Waals surface area contributed by atoms with Crippen molar-refractivity contribution in [3.8, 4) is 11.5 Å². The fourth-order valence-electron chi connectivity index (χ4n) is 4.85. The smallest absolute Gasteiger partial charge is 0.262 e. The highest BCUT2D eigenvalue weighted by Crippen LogP contribution is 2.35. The summed E-state index contributed by atoms with van der Waals surface area (Å²) in [6, 6.07) is 5.61. The van der Waals surface area contributed by atoms with Crippen LogP contribution in [-0.2, 0) is 24.2 Å². The van der Waals surface area contributed by atoms with E-state index in [1.807, 2.05) is 18.2 Å². The van der Waals surface area contributed by atoms with E-state index >= 15 is 0 Å². The lowest BCUT2D eigenvalue weighted by atomic mass is 9.95. The van der Waals surface area contributed by atoms with E-state index in [1.54, 1.807) is 11.3 Å². The lowest BCUT2D eigenvalue weighted by molar-refractivity contribution is -0.122. The molecule has 0 saturated heterocycles. The Labute approximate surface area is 203 Å². The van der Waals surface area contributed by atoms with Gasteiger partial charge in [-0.1, -0.05) is 26.3 Å². The zero-order valence-electron chi connectivity index (χ0n) is 19.8. The van der Waals surface area contributed by atoms with Gasteiger partial charge in [0, 0.05) is 11.3 Å². The molecular weight excluding hydrogens is 450 g/mol. The zero-order valence-corrected chi connectivity index (χ0v) is 20.6. The van der Waals surface area contributed by atoms with Crippen LogP contribution < -0.4 is 20.3 Å². The molecule has 3 heterocycles. The maximum absolute atomic E-state index is 13.3. The Kier molecular flexibility index (Phi) is 6.59. The average molecular weight is 482 g/mol. The summed E-state index contributed by atoms with van der Waals surface area (Å²) in [6.45, 7) is 5.32. The first kappa shape index (κ1) is 22.9. The highest BCUT2D eigenvalue weighted by molar-refractivity contribution is 7.18. The molecule has 0 fully saturated rings. The number of benzene rings is 1. The van der Waals surface area contributed by atoms with Crippen LogP contribution in [0.25, 0.3) is 10.2 Å². The highest BCUT2D eigenvalue weighted by atomic mass is 32.1. The number of fused-ring (bicyclic) bond motifs is 4. The van der Waals surface area contributed by atoms with Crippen molar-refractivity contribution < 1.29 is 14.3 Å². The van der Waals surface area contributed by atoms with E-state index in [4.69, 9.17) is 9.47 Å². The summed E-state index contributed by atoms with van der Waals surface area (Å²) >= 11 is 1.63. The quantitative estimate of drug-likeness (QED) is 0.546. The van der Waals surface area contributed by atoms with Gasteiger partial charge in [-0.2, -0.15) is 0 Å². The molecule has 34 heavy (non-hydrogen) atoms. The largest absolute Gasteiger partial charge is 0.490 e. The molecule has 1 atom stereocenters. The van der Waals surface area contributed by atoms with Gasteiger partial charge in [-0.3, -0.25) is 14.2 Å². The number of aryl methyl sites for hydroxylation is 2. The topological polar surface area (TPSA) is 82.5 Å². The van der Waals surface area contributed by atoms with Gasteiger partial charge < -0.3 is 14.8 Å². The summed E-state index contributed by atoms with van der Waals surface area (Å²) in [5.74, 6) is 1.38. The Balaban J connectivity index is 1.37. The number of ether oxygens (including phenoxy) is 2. The fourth-order valence-corrected chi connectivity index (χ4v) is 6.07. The first-order valence-corrected chi connectivity index (χ1v) is 13.0. The van der Waals surface area contributed by atoms with Gasteiger partial charge in [0.1, 0.15) is 11.4 Å². The number of rotatable bonds is 5. The van der Waals surface area contributed by atoms with Crippen LogP contribution in [0.15, 0.2) is 29.3 Å². The van der Waals surface area contributed by atoms with Crippen LogP contribution in [0.4, 0.5) is 0 Å². The summed E-state index contributed by atoms with van der Waals surface area (Å²) < 4.78 is 13.0. The van der Waals surface area contributed by atoms with Crippen molar-refractivity contribution in [2.75, 3.05) is 13.2 Å². The van der Waals surface area contributed by atoms with E-state index in [2.05, 4.69) is 24.1 Å². The minimum atomic E-state index is -0.213. The molecule has 1 unspecified atom stereocenters. The number of aromatic nitrogens is 2. The van der Waals surface area contributed by atoms with Crippen molar-refractivity contribution in [3.63, 3.8) is 0 Å². The summed E-state index contributed by atoms with van der Waals surface area (Å²) in [5.41, 5.74) is 1.99. The first-order valence-electron chi connectivity index (χ1n) is 12.2. The summed E-state index contributed by atoms with van der Waals surface area (Å²) in [5, 5.41) is 3.83. The molecule has 1 aliphatic heterocycles. The van der Waals surface area contributed by atoms with Crippen molar-refractivity contribution in [2.45, 2.75) is 65.0 Å². The molecule has 2 aromatic heterocycles. The van der Waals surface area contributed by atoms with Crippen molar-refractivity contribution in [3.05, 3.63) is 50.9 Å². The van der Waals surface area contributed by atoms with Crippen LogP contribution in [0.1, 0.15) is 61.6 Å². The van der Waals surface area contributed by atoms with E-state index in [0.29, 0.717) is 24.3 Å². The molecule has 2 aliphatic rings. The summed E-state index contributed by atoms with van der Waals surface area (Å²) in [4.78, 5) is 33.0. The number of amides is 1. The second kappa shape index (κ2) is 9.78. The van der Waals surface area contributed by atoms with Crippen LogP contribution in [0.2, 0.25) is 0 Å². The molecule has 1 amide bonds. The van der Waals surface area contributed by atoms with Gasteiger partial charge in [0.15, 0.2) is 11.5 Å². The molecule has 8 heteroatoms. The van der Waals surface area contributed by atoms with Gasteiger partial charge in [0.2, 0.25) is 5.91 Å². The molecule has 1 N–H and O–H groups in total. The molecule has 0 radical (unpaired) electrons. The van der Waals surface area contributed by atoms with E-state index in [1.165, 1.54) is 22.2 Å². The van der Waals surface area contributed by atoms with Crippen molar-refractivity contribution in [1.82, 2.24) is 14.9 Å². The molecule has 0 spiro atoms. The van der Waals surface area contributed by atoms with Crippen molar-refractivity contribution in [1.29, 1.82) is 0 Å². The van der Waals surface area contributed by atoms with Gasteiger partial charge in [-0.25, -0.2) is 4.98 Å². The molecule has 3 aromatic rings. The Morgan fingerprint density at radius 2 is 1.91 bits per heavy atom. The third-order valence-corrected chi connectivity index (χ3v) is 7.82. The predicted molar refractivity (Wildman–Crippen MR) is 133 cm³/mol. The number of carbonyl (C=O) groups is 1. The van der Waals surface area contributed by atoms with Gasteiger partial charge in [0.05, 0.1) is 31.0 Å². The van der Waals surface area contributed by atoms with Gasteiger partial charge in [-0.05, 0) is 54.9 Å². The number of thiophene rings is 1. The standard InChI is InChI=1S/C26H31N3O4S/c1-16(2)24(17-9-10-19-20(13-17)33-12-6-11-32-19)28-22(30)14-29-15-27-25-23(26(29)31)18-7-4-3-5-8-21(18)34-25/h9-10,13,15-16,24H,3-8,11-12,14H2,1-2H3,(H,28,30). The SMILES string of the molecule is CC(C)C(NC(=O)Cn1cnc2sc3c(c2c1=O)CCCCC3)c1ccc2c(c1)OCCCO2. The molecule has 5 rings (SSSR count). The van der Waals surface area contributed by atoms with Crippen LogP contribution >= 0.6 is 11.3 Å². The van der Waals surface area contributed by atoms with Gasteiger partial charge in [-0.15, -0.1) is 11.3 Å². The van der Waals surface area contributed by atoms with Gasteiger partial charge >= 0.3 is 0 Å². The Bertz CT molecular complexity index is 1260. The molecular formula is C26H31N3O4S. The maximum atomic E-state index is 13.3. The first-order chi connectivity index (χ1) is 16.5. The second-order valence-electron chi connectivity index (χ2n) is 9.47. The third kappa shape index (κ3) is 4.56. The molecule has 1 aliphatic carbocycles. The van der Waals surface area contributed by atoms with Crippen LogP contribution in [0.3, 0.4) is 0 Å². The number of nitrogens with zero attached hydrogens (tertiary/aromatic N) is 2.